The number of hydrogen-bond donors (Lipinski definition) is 0. The van der Waals surface area contributed by atoms with Gasteiger partial charge in [0.1, 0.15) is 5.82 Å². The Kier molecular flexibility index (Phi) is 4.10. The van der Waals surface area contributed by atoms with E-state index < -0.39 is 0 Å². The lowest BCUT2D eigenvalue weighted by Gasteiger charge is -2.38. The number of anilines is 1. The zero-order valence-corrected chi connectivity index (χ0v) is 12.5. The minimum absolute atomic E-state index is 0.0716. The largest absolute Gasteiger partial charge is 0.368 e. The second kappa shape index (κ2) is 6.02. The Morgan fingerprint density at radius 3 is 2.33 bits per heavy atom. The molecule has 2 aliphatic heterocycles. The zero-order chi connectivity index (χ0) is 14.8. The molecule has 114 valence electrons. The van der Waals surface area contributed by atoms with Gasteiger partial charge in [0, 0.05) is 31.9 Å². The van der Waals surface area contributed by atoms with E-state index in [0.717, 1.165) is 51.3 Å². The van der Waals surface area contributed by atoms with Crippen LogP contribution >= 0.6 is 0 Å². The molecule has 1 aromatic rings. The van der Waals surface area contributed by atoms with Crippen LogP contribution in [0.1, 0.15) is 12.8 Å². The third-order valence-electron chi connectivity index (χ3n) is 4.59. The maximum atomic E-state index is 13.0. The molecule has 2 heterocycles. The molecule has 0 N–H and O–H groups in total. The van der Waals surface area contributed by atoms with Gasteiger partial charge in [-0.15, -0.1) is 0 Å². The molecule has 0 aliphatic carbocycles. The fourth-order valence-electron chi connectivity index (χ4n) is 3.27. The van der Waals surface area contributed by atoms with Gasteiger partial charge in [0.25, 0.3) is 0 Å². The van der Waals surface area contributed by atoms with Crippen molar-refractivity contribution in [2.24, 2.45) is 0 Å². The topological polar surface area (TPSA) is 26.8 Å². The van der Waals surface area contributed by atoms with E-state index in [0.29, 0.717) is 0 Å². The van der Waals surface area contributed by atoms with Crippen molar-refractivity contribution in [2.75, 3.05) is 44.7 Å². The predicted octanol–water partition coefficient (Wildman–Crippen LogP) is 1.57. The number of carbonyl (C=O) groups is 1. The molecule has 2 fully saturated rings. The Morgan fingerprint density at radius 2 is 1.76 bits per heavy atom. The molecule has 0 spiro atoms. The average Bonchev–Trinajstić information content (AvgIpc) is 2.94. The third kappa shape index (κ3) is 3.02. The molecule has 0 radical (unpaired) electrons. The average molecular weight is 291 g/mol. The molecule has 21 heavy (non-hydrogen) atoms. The first-order valence-electron chi connectivity index (χ1n) is 7.65. The van der Waals surface area contributed by atoms with Gasteiger partial charge in [-0.05, 0) is 50.7 Å². The number of benzene rings is 1. The lowest BCUT2D eigenvalue weighted by Crippen LogP contribution is -2.53. The Bertz CT molecular complexity index is 497. The van der Waals surface area contributed by atoms with Gasteiger partial charge in [0.05, 0.1) is 6.04 Å². The van der Waals surface area contributed by atoms with E-state index in [1.807, 2.05) is 11.9 Å². The quantitative estimate of drug-likeness (QED) is 0.827. The summed E-state index contributed by atoms with van der Waals surface area (Å²) in [5.41, 5.74) is 1.03. The summed E-state index contributed by atoms with van der Waals surface area (Å²) in [7, 11) is 2.03. The molecule has 1 aromatic carbocycles. The summed E-state index contributed by atoms with van der Waals surface area (Å²) < 4.78 is 13.0. The number of nitrogens with zero attached hydrogens (tertiary/aromatic N) is 3. The SMILES string of the molecule is CN1CCCC1C(=O)N1CCN(c2ccc(F)cc2)CC1. The first kappa shape index (κ1) is 14.3. The van der Waals surface area contributed by atoms with Crippen molar-refractivity contribution in [2.45, 2.75) is 18.9 Å². The smallest absolute Gasteiger partial charge is 0.240 e. The fourth-order valence-corrected chi connectivity index (χ4v) is 3.27. The lowest BCUT2D eigenvalue weighted by atomic mass is 10.1. The first-order valence-corrected chi connectivity index (χ1v) is 7.65. The fraction of sp³-hybridized carbons (Fsp3) is 0.562. The summed E-state index contributed by atoms with van der Waals surface area (Å²) in [4.78, 5) is 18.9. The monoisotopic (exact) mass is 291 g/mol. The molecule has 0 saturated carbocycles. The molecule has 1 amide bonds. The van der Waals surface area contributed by atoms with Crippen LogP contribution in [0.4, 0.5) is 10.1 Å². The minimum Gasteiger partial charge on any atom is -0.368 e. The van der Waals surface area contributed by atoms with Crippen molar-refractivity contribution in [3.8, 4) is 0 Å². The number of amides is 1. The second-order valence-corrected chi connectivity index (χ2v) is 5.93. The number of rotatable bonds is 2. The summed E-state index contributed by atoms with van der Waals surface area (Å²) in [6, 6.07) is 6.65. The van der Waals surface area contributed by atoms with E-state index in [2.05, 4.69) is 9.80 Å². The number of piperazine rings is 1. The molecular weight excluding hydrogens is 269 g/mol. The van der Waals surface area contributed by atoms with E-state index in [9.17, 15) is 9.18 Å². The Morgan fingerprint density at radius 1 is 1.10 bits per heavy atom. The summed E-state index contributed by atoms with van der Waals surface area (Å²) in [6.45, 7) is 4.15. The highest BCUT2D eigenvalue weighted by molar-refractivity contribution is 5.82. The molecule has 3 rings (SSSR count). The molecule has 2 aliphatic rings. The Hall–Kier alpha value is -1.62. The van der Waals surface area contributed by atoms with Crippen LogP contribution in [0.15, 0.2) is 24.3 Å². The molecule has 4 nitrogen and oxygen atoms in total. The maximum Gasteiger partial charge on any atom is 0.240 e. The molecule has 0 aromatic heterocycles. The number of likely N-dealkylation sites (N-methyl/N-ethyl adjacent to an activating group) is 1. The molecule has 2 saturated heterocycles. The number of hydrogen-bond acceptors (Lipinski definition) is 3. The van der Waals surface area contributed by atoms with Crippen LogP contribution in [0, 0.1) is 5.82 Å². The van der Waals surface area contributed by atoms with E-state index in [4.69, 9.17) is 0 Å². The van der Waals surface area contributed by atoms with Gasteiger partial charge in [0.2, 0.25) is 5.91 Å². The van der Waals surface area contributed by atoms with Crippen molar-refractivity contribution in [1.29, 1.82) is 0 Å². The van der Waals surface area contributed by atoms with E-state index in [1.165, 1.54) is 12.1 Å². The molecule has 5 heteroatoms. The van der Waals surface area contributed by atoms with Crippen molar-refractivity contribution < 1.29 is 9.18 Å². The molecule has 0 bridgehead atoms. The van der Waals surface area contributed by atoms with Crippen molar-refractivity contribution >= 4 is 11.6 Å². The number of carbonyl (C=O) groups excluding carboxylic acids is 1. The van der Waals surface area contributed by atoms with Gasteiger partial charge >= 0.3 is 0 Å². The number of likely N-dealkylation sites (tertiary alicyclic amines) is 1. The predicted molar refractivity (Wildman–Crippen MR) is 80.8 cm³/mol. The van der Waals surface area contributed by atoms with Crippen molar-refractivity contribution in [3.05, 3.63) is 30.1 Å². The highest BCUT2D eigenvalue weighted by atomic mass is 19.1. The zero-order valence-electron chi connectivity index (χ0n) is 12.5. The summed E-state index contributed by atoms with van der Waals surface area (Å²) >= 11 is 0. The normalized spacial score (nSPS) is 23.6. The maximum absolute atomic E-state index is 13.0. The van der Waals surface area contributed by atoms with Gasteiger partial charge < -0.3 is 9.80 Å². The lowest BCUT2D eigenvalue weighted by molar-refractivity contribution is -0.135. The Labute approximate surface area is 125 Å². The van der Waals surface area contributed by atoms with E-state index >= 15 is 0 Å². The van der Waals surface area contributed by atoms with Crippen LogP contribution in [0.5, 0.6) is 0 Å². The standard InChI is InChI=1S/C16H22FN3O/c1-18-8-2-3-15(18)16(21)20-11-9-19(10-12-20)14-6-4-13(17)5-7-14/h4-7,15H,2-3,8-12H2,1H3. The summed E-state index contributed by atoms with van der Waals surface area (Å²) in [5, 5.41) is 0. The van der Waals surface area contributed by atoms with Crippen LogP contribution in [0.2, 0.25) is 0 Å². The first-order chi connectivity index (χ1) is 10.1. The molecule has 1 unspecified atom stereocenters. The highest BCUT2D eigenvalue weighted by Crippen LogP contribution is 2.20. The van der Waals surface area contributed by atoms with Crippen LogP contribution in [0.3, 0.4) is 0 Å². The highest BCUT2D eigenvalue weighted by Gasteiger charge is 2.32. The number of halogens is 1. The van der Waals surface area contributed by atoms with Crippen molar-refractivity contribution in [1.82, 2.24) is 9.80 Å². The molecular formula is C16H22FN3O. The van der Waals surface area contributed by atoms with E-state index in [1.54, 1.807) is 12.1 Å². The third-order valence-corrected chi connectivity index (χ3v) is 4.59. The second-order valence-electron chi connectivity index (χ2n) is 5.93. The van der Waals surface area contributed by atoms with Gasteiger partial charge in [-0.25, -0.2) is 4.39 Å². The van der Waals surface area contributed by atoms with Gasteiger partial charge in [-0.1, -0.05) is 0 Å². The van der Waals surface area contributed by atoms with E-state index in [-0.39, 0.29) is 17.8 Å². The van der Waals surface area contributed by atoms with Crippen LogP contribution in [-0.2, 0) is 4.79 Å². The van der Waals surface area contributed by atoms with Gasteiger partial charge in [0.15, 0.2) is 0 Å². The van der Waals surface area contributed by atoms with Gasteiger partial charge in [-0.3, -0.25) is 9.69 Å². The van der Waals surface area contributed by atoms with Crippen LogP contribution in [0.25, 0.3) is 0 Å². The van der Waals surface area contributed by atoms with Crippen LogP contribution in [-0.4, -0.2) is 61.5 Å². The van der Waals surface area contributed by atoms with Crippen molar-refractivity contribution in [3.63, 3.8) is 0 Å². The summed E-state index contributed by atoms with van der Waals surface area (Å²) in [5.74, 6) is 0.0607. The van der Waals surface area contributed by atoms with Crippen LogP contribution < -0.4 is 4.90 Å². The minimum atomic E-state index is -0.211. The van der Waals surface area contributed by atoms with Gasteiger partial charge in [-0.2, -0.15) is 0 Å². The molecule has 1 atom stereocenters. The Balaban J connectivity index is 1.57. The summed E-state index contributed by atoms with van der Waals surface area (Å²) in [6.07, 6.45) is 2.09.